The molecular weight excluding hydrogens is 160 g/mol. The van der Waals surface area contributed by atoms with Crippen molar-refractivity contribution < 1.29 is 9.53 Å². The van der Waals surface area contributed by atoms with Crippen molar-refractivity contribution in [3.63, 3.8) is 0 Å². The molecule has 0 aromatic carbocycles. The smallest absolute Gasteiger partial charge is 0.169 e. The summed E-state index contributed by atoms with van der Waals surface area (Å²) in [4.78, 5) is 11.6. The Hall–Kier alpha value is -0.670. The summed E-state index contributed by atoms with van der Waals surface area (Å²) in [6.45, 7) is 2.16. The molecule has 0 aliphatic carbocycles. The van der Waals surface area contributed by atoms with E-state index in [2.05, 4.69) is 0 Å². The molecule has 3 heteroatoms. The Morgan fingerprint density at radius 3 is 2.91 bits per heavy atom. The van der Waals surface area contributed by atoms with E-state index in [-0.39, 0.29) is 5.78 Å². The lowest BCUT2D eigenvalue weighted by molar-refractivity contribution is 0.102. The molecule has 0 N–H and O–H groups in total. The molecule has 0 saturated carbocycles. The van der Waals surface area contributed by atoms with Crippen LogP contribution in [0.2, 0.25) is 0 Å². The standard InChI is InChI=1S/C8H10O2S/c1-6(9)8-3-7(4-10-2)5-11-8/h3,5H,4H2,1-2H3. The van der Waals surface area contributed by atoms with E-state index in [0.717, 1.165) is 10.4 Å². The molecule has 60 valence electrons. The highest BCUT2D eigenvalue weighted by molar-refractivity contribution is 7.12. The molecule has 0 amide bonds. The molecule has 1 heterocycles. The van der Waals surface area contributed by atoms with Gasteiger partial charge in [-0.25, -0.2) is 0 Å². The highest BCUT2D eigenvalue weighted by Crippen LogP contribution is 2.15. The third-order valence-electron chi connectivity index (χ3n) is 1.31. The van der Waals surface area contributed by atoms with Crippen LogP contribution in [0.5, 0.6) is 0 Å². The molecule has 0 unspecified atom stereocenters. The van der Waals surface area contributed by atoms with Gasteiger partial charge in [0.1, 0.15) is 0 Å². The first-order valence-electron chi connectivity index (χ1n) is 3.31. The first-order valence-corrected chi connectivity index (χ1v) is 4.19. The van der Waals surface area contributed by atoms with Crippen LogP contribution in [0.4, 0.5) is 0 Å². The summed E-state index contributed by atoms with van der Waals surface area (Å²) in [5, 5.41) is 1.94. The van der Waals surface area contributed by atoms with Crippen molar-refractivity contribution in [3.8, 4) is 0 Å². The second kappa shape index (κ2) is 3.64. The molecule has 1 aromatic rings. The highest BCUT2D eigenvalue weighted by atomic mass is 32.1. The zero-order valence-electron chi connectivity index (χ0n) is 6.59. The van der Waals surface area contributed by atoms with Gasteiger partial charge >= 0.3 is 0 Å². The summed E-state index contributed by atoms with van der Waals surface area (Å²) in [6, 6.07) is 1.87. The molecule has 0 atom stereocenters. The van der Waals surface area contributed by atoms with Crippen LogP contribution in [0.15, 0.2) is 11.4 Å². The van der Waals surface area contributed by atoms with Crippen molar-refractivity contribution >= 4 is 17.1 Å². The van der Waals surface area contributed by atoms with E-state index in [1.165, 1.54) is 11.3 Å². The second-order valence-corrected chi connectivity index (χ2v) is 3.22. The highest BCUT2D eigenvalue weighted by Gasteiger charge is 2.02. The average molecular weight is 170 g/mol. The number of ketones is 1. The van der Waals surface area contributed by atoms with Gasteiger partial charge < -0.3 is 4.74 Å². The summed E-state index contributed by atoms with van der Waals surface area (Å²) in [6.07, 6.45) is 0. The van der Waals surface area contributed by atoms with Gasteiger partial charge in [0.25, 0.3) is 0 Å². The predicted molar refractivity (Wildman–Crippen MR) is 45.0 cm³/mol. The number of rotatable bonds is 3. The van der Waals surface area contributed by atoms with Crippen LogP contribution >= 0.6 is 11.3 Å². The van der Waals surface area contributed by atoms with Crippen LogP contribution in [0.1, 0.15) is 22.2 Å². The second-order valence-electron chi connectivity index (χ2n) is 2.31. The molecule has 0 radical (unpaired) electrons. The summed E-state index contributed by atoms with van der Waals surface area (Å²) in [7, 11) is 1.64. The Morgan fingerprint density at radius 1 is 1.73 bits per heavy atom. The summed E-state index contributed by atoms with van der Waals surface area (Å²) < 4.78 is 4.92. The zero-order valence-corrected chi connectivity index (χ0v) is 7.40. The Labute approximate surface area is 69.8 Å². The lowest BCUT2D eigenvalue weighted by Crippen LogP contribution is -1.86. The number of carbonyl (C=O) groups excluding carboxylic acids is 1. The van der Waals surface area contributed by atoms with Gasteiger partial charge in [0, 0.05) is 7.11 Å². The van der Waals surface area contributed by atoms with Crippen LogP contribution in [0, 0.1) is 0 Å². The van der Waals surface area contributed by atoms with Crippen molar-refractivity contribution in [2.24, 2.45) is 0 Å². The molecule has 0 saturated heterocycles. The minimum absolute atomic E-state index is 0.123. The number of ether oxygens (including phenoxy) is 1. The van der Waals surface area contributed by atoms with E-state index in [1.807, 2.05) is 11.4 Å². The van der Waals surface area contributed by atoms with Crippen molar-refractivity contribution in [2.75, 3.05) is 7.11 Å². The maximum Gasteiger partial charge on any atom is 0.169 e. The molecule has 1 aromatic heterocycles. The van der Waals surface area contributed by atoms with Crippen LogP contribution < -0.4 is 0 Å². The fourth-order valence-electron chi connectivity index (χ4n) is 0.803. The van der Waals surface area contributed by atoms with Crippen molar-refractivity contribution in [1.29, 1.82) is 0 Å². The number of hydrogen-bond donors (Lipinski definition) is 0. The van der Waals surface area contributed by atoms with Crippen LogP contribution in [0.3, 0.4) is 0 Å². The molecule has 1 rings (SSSR count). The molecule has 0 spiro atoms. The topological polar surface area (TPSA) is 26.3 Å². The van der Waals surface area contributed by atoms with Gasteiger partial charge in [-0.1, -0.05) is 0 Å². The molecule has 2 nitrogen and oxygen atoms in total. The van der Waals surface area contributed by atoms with Crippen molar-refractivity contribution in [1.82, 2.24) is 0 Å². The van der Waals surface area contributed by atoms with Crippen LogP contribution in [-0.2, 0) is 11.3 Å². The SMILES string of the molecule is COCc1csc(C(C)=O)c1. The number of thiophene rings is 1. The first-order chi connectivity index (χ1) is 5.24. The van der Waals surface area contributed by atoms with Crippen molar-refractivity contribution in [2.45, 2.75) is 13.5 Å². The van der Waals surface area contributed by atoms with E-state index < -0.39 is 0 Å². The Balaban J connectivity index is 2.73. The Bertz CT molecular complexity index is 252. The molecule has 0 aliphatic rings. The van der Waals surface area contributed by atoms with Crippen LogP contribution in [-0.4, -0.2) is 12.9 Å². The summed E-state index contributed by atoms with van der Waals surface area (Å²) in [5.74, 6) is 0.123. The minimum atomic E-state index is 0.123. The molecule has 0 aliphatic heterocycles. The Kier molecular flexibility index (Phi) is 2.79. The third-order valence-corrected chi connectivity index (χ3v) is 2.39. The van der Waals surface area contributed by atoms with Gasteiger partial charge in [-0.05, 0) is 23.9 Å². The lowest BCUT2D eigenvalue weighted by Gasteiger charge is -1.90. The van der Waals surface area contributed by atoms with Gasteiger partial charge in [0.2, 0.25) is 0 Å². The minimum Gasteiger partial charge on any atom is -0.380 e. The van der Waals surface area contributed by atoms with Crippen molar-refractivity contribution in [3.05, 3.63) is 21.9 Å². The summed E-state index contributed by atoms with van der Waals surface area (Å²) in [5.41, 5.74) is 1.07. The van der Waals surface area contributed by atoms with Gasteiger partial charge in [0.05, 0.1) is 11.5 Å². The molecular formula is C8H10O2S. The maximum absolute atomic E-state index is 10.8. The monoisotopic (exact) mass is 170 g/mol. The molecule has 11 heavy (non-hydrogen) atoms. The van der Waals surface area contributed by atoms with E-state index in [1.54, 1.807) is 14.0 Å². The van der Waals surface area contributed by atoms with E-state index in [4.69, 9.17) is 4.74 Å². The summed E-state index contributed by atoms with van der Waals surface area (Å²) >= 11 is 1.47. The third kappa shape index (κ3) is 2.13. The Morgan fingerprint density at radius 2 is 2.45 bits per heavy atom. The van der Waals surface area contributed by atoms with Gasteiger partial charge in [-0.15, -0.1) is 11.3 Å². The quantitative estimate of drug-likeness (QED) is 0.649. The van der Waals surface area contributed by atoms with E-state index >= 15 is 0 Å². The number of carbonyl (C=O) groups is 1. The number of methoxy groups -OCH3 is 1. The fourth-order valence-corrected chi connectivity index (χ4v) is 1.60. The largest absolute Gasteiger partial charge is 0.380 e. The number of Topliss-reactive ketones (excluding diaryl/α,β-unsaturated/α-hetero) is 1. The first kappa shape index (κ1) is 8.43. The average Bonchev–Trinajstić information content (AvgIpc) is 2.37. The van der Waals surface area contributed by atoms with Gasteiger partial charge in [-0.2, -0.15) is 0 Å². The van der Waals surface area contributed by atoms with E-state index in [9.17, 15) is 4.79 Å². The normalized spacial score (nSPS) is 10.0. The molecule has 0 bridgehead atoms. The van der Waals surface area contributed by atoms with Gasteiger partial charge in [-0.3, -0.25) is 4.79 Å². The van der Waals surface area contributed by atoms with Gasteiger partial charge in [0.15, 0.2) is 5.78 Å². The maximum atomic E-state index is 10.8. The van der Waals surface area contributed by atoms with E-state index in [0.29, 0.717) is 6.61 Å². The lowest BCUT2D eigenvalue weighted by atomic mass is 10.3. The number of hydrogen-bond acceptors (Lipinski definition) is 3. The molecule has 0 fully saturated rings. The predicted octanol–water partition coefficient (Wildman–Crippen LogP) is 2.10. The fraction of sp³-hybridized carbons (Fsp3) is 0.375. The van der Waals surface area contributed by atoms with Crippen LogP contribution in [0.25, 0.3) is 0 Å². The zero-order chi connectivity index (χ0) is 8.27.